The Morgan fingerprint density at radius 1 is 0.441 bits per heavy atom. The van der Waals surface area contributed by atoms with Gasteiger partial charge in [-0.25, -0.2) is 8.78 Å². The van der Waals surface area contributed by atoms with Gasteiger partial charge in [0.1, 0.15) is 11.6 Å². The predicted molar refractivity (Wildman–Crippen MR) is 241 cm³/mol. The van der Waals surface area contributed by atoms with E-state index >= 15 is 0 Å². The Kier molecular flexibility index (Phi) is 8.98. The van der Waals surface area contributed by atoms with E-state index in [1.807, 2.05) is 0 Å². The molecule has 2 aliphatic carbocycles. The molecule has 0 saturated heterocycles. The number of fused-ring (bicyclic) bond motifs is 6. The van der Waals surface area contributed by atoms with E-state index in [1.54, 1.807) is 24.3 Å². The SMILES string of the molecule is CCC1(CC)c2cc(/C=C/c3cccc4c3-c3ccccc3C4(c3ccccc3)c3ccccc3)ccc2-c2ccc(N(c3ccc(F)cc3)c3ccc(F)cc3)cc21. The maximum Gasteiger partial charge on any atom is 0.123 e. The van der Waals surface area contributed by atoms with Crippen LogP contribution in [0.3, 0.4) is 0 Å². The molecule has 0 aliphatic heterocycles. The first-order chi connectivity index (χ1) is 29.0. The Labute approximate surface area is 345 Å². The molecule has 0 amide bonds. The summed E-state index contributed by atoms with van der Waals surface area (Å²) < 4.78 is 28.2. The lowest BCUT2D eigenvalue weighted by Gasteiger charge is -2.33. The van der Waals surface area contributed by atoms with Crippen LogP contribution in [0.1, 0.15) is 71.2 Å². The van der Waals surface area contributed by atoms with E-state index in [-0.39, 0.29) is 17.0 Å². The van der Waals surface area contributed by atoms with Crippen LogP contribution in [0.2, 0.25) is 0 Å². The molecule has 8 aromatic rings. The first-order valence-electron chi connectivity index (χ1n) is 20.6. The van der Waals surface area contributed by atoms with Gasteiger partial charge in [-0.15, -0.1) is 0 Å². The average molecular weight is 768 g/mol. The van der Waals surface area contributed by atoms with Crippen LogP contribution in [0, 0.1) is 11.6 Å². The lowest BCUT2D eigenvalue weighted by atomic mass is 9.67. The van der Waals surface area contributed by atoms with Gasteiger partial charge in [-0.3, -0.25) is 0 Å². The second kappa shape index (κ2) is 14.5. The monoisotopic (exact) mass is 767 g/mol. The van der Waals surface area contributed by atoms with Crippen LogP contribution >= 0.6 is 0 Å². The van der Waals surface area contributed by atoms with Crippen LogP contribution in [0.5, 0.6) is 0 Å². The Bertz CT molecular complexity index is 2770. The smallest absolute Gasteiger partial charge is 0.123 e. The number of hydrogen-bond acceptors (Lipinski definition) is 1. The molecule has 0 heterocycles. The molecule has 10 rings (SSSR count). The maximum atomic E-state index is 14.1. The minimum atomic E-state index is -0.443. The molecule has 286 valence electrons. The molecule has 0 spiro atoms. The molecule has 59 heavy (non-hydrogen) atoms. The molecular weight excluding hydrogens is 725 g/mol. The largest absolute Gasteiger partial charge is 0.310 e. The third-order valence-electron chi connectivity index (χ3n) is 13.0. The fourth-order valence-corrected chi connectivity index (χ4v) is 10.2. The number of hydrogen-bond donors (Lipinski definition) is 0. The third kappa shape index (κ3) is 5.71. The minimum Gasteiger partial charge on any atom is -0.310 e. The van der Waals surface area contributed by atoms with Crippen molar-refractivity contribution in [3.8, 4) is 22.3 Å². The second-order valence-electron chi connectivity index (χ2n) is 15.7. The predicted octanol–water partition coefficient (Wildman–Crippen LogP) is 15.1. The molecule has 3 heteroatoms. The second-order valence-corrected chi connectivity index (χ2v) is 15.7. The van der Waals surface area contributed by atoms with Crippen LogP contribution < -0.4 is 4.90 Å². The van der Waals surface area contributed by atoms with Crippen LogP contribution in [-0.2, 0) is 10.8 Å². The zero-order valence-electron chi connectivity index (χ0n) is 33.2. The van der Waals surface area contributed by atoms with Crippen LogP contribution in [0.4, 0.5) is 25.8 Å². The molecule has 0 bridgehead atoms. The maximum absolute atomic E-state index is 14.1. The van der Waals surface area contributed by atoms with Gasteiger partial charge in [0, 0.05) is 22.5 Å². The number of anilines is 3. The molecule has 0 saturated carbocycles. The van der Waals surface area contributed by atoms with Crippen molar-refractivity contribution in [2.75, 3.05) is 4.90 Å². The van der Waals surface area contributed by atoms with Crippen molar-refractivity contribution in [1.82, 2.24) is 0 Å². The van der Waals surface area contributed by atoms with E-state index in [2.05, 4.69) is 170 Å². The minimum absolute atomic E-state index is 0.209. The normalized spacial score (nSPS) is 14.1. The number of halogens is 2. The average Bonchev–Trinajstić information content (AvgIpc) is 3.75. The fourth-order valence-electron chi connectivity index (χ4n) is 10.2. The summed E-state index contributed by atoms with van der Waals surface area (Å²) >= 11 is 0. The van der Waals surface area contributed by atoms with E-state index < -0.39 is 5.41 Å². The first kappa shape index (κ1) is 36.5. The van der Waals surface area contributed by atoms with E-state index in [4.69, 9.17) is 0 Å². The van der Waals surface area contributed by atoms with Crippen molar-refractivity contribution in [2.24, 2.45) is 0 Å². The Morgan fingerprint density at radius 2 is 0.966 bits per heavy atom. The molecule has 0 unspecified atom stereocenters. The van der Waals surface area contributed by atoms with Gasteiger partial charge >= 0.3 is 0 Å². The summed E-state index contributed by atoms with van der Waals surface area (Å²) in [4.78, 5) is 2.08. The summed E-state index contributed by atoms with van der Waals surface area (Å²) in [7, 11) is 0. The fraction of sp³-hybridized carbons (Fsp3) is 0.107. The van der Waals surface area contributed by atoms with E-state index in [0.29, 0.717) is 0 Å². The quantitative estimate of drug-likeness (QED) is 0.132. The lowest BCUT2D eigenvalue weighted by molar-refractivity contribution is 0.490. The van der Waals surface area contributed by atoms with Crippen LogP contribution in [-0.4, -0.2) is 0 Å². The Hall–Kier alpha value is -6.84. The summed E-state index contributed by atoms with van der Waals surface area (Å²) in [5.41, 5.74) is 17.0. The van der Waals surface area contributed by atoms with Gasteiger partial charge in [0.25, 0.3) is 0 Å². The molecule has 1 nitrogen and oxygen atoms in total. The molecule has 2 aliphatic rings. The molecular formula is C56H43F2N. The number of rotatable bonds is 9. The molecule has 0 atom stereocenters. The molecule has 0 N–H and O–H groups in total. The van der Waals surface area contributed by atoms with Gasteiger partial charge in [-0.1, -0.05) is 153 Å². The molecule has 0 fully saturated rings. The van der Waals surface area contributed by atoms with Crippen molar-refractivity contribution in [3.63, 3.8) is 0 Å². The highest BCUT2D eigenvalue weighted by Gasteiger charge is 2.46. The summed E-state index contributed by atoms with van der Waals surface area (Å²) in [5, 5.41) is 0. The van der Waals surface area contributed by atoms with Crippen molar-refractivity contribution < 1.29 is 8.78 Å². The third-order valence-corrected chi connectivity index (χ3v) is 13.0. The summed E-state index contributed by atoms with van der Waals surface area (Å²) in [6, 6.07) is 64.1. The van der Waals surface area contributed by atoms with Crippen LogP contribution in [0.15, 0.2) is 188 Å². The van der Waals surface area contributed by atoms with Crippen LogP contribution in [0.25, 0.3) is 34.4 Å². The molecule has 0 radical (unpaired) electrons. The highest BCUT2D eigenvalue weighted by Crippen LogP contribution is 2.58. The van der Waals surface area contributed by atoms with Gasteiger partial charge in [0.05, 0.1) is 5.41 Å². The van der Waals surface area contributed by atoms with E-state index in [1.165, 1.54) is 85.5 Å². The van der Waals surface area contributed by atoms with E-state index in [9.17, 15) is 8.78 Å². The number of benzene rings is 8. The summed E-state index contributed by atoms with van der Waals surface area (Å²) in [5.74, 6) is -0.598. The molecule has 8 aromatic carbocycles. The van der Waals surface area contributed by atoms with Crippen molar-refractivity contribution in [3.05, 3.63) is 244 Å². The summed E-state index contributed by atoms with van der Waals surface area (Å²) in [6.07, 6.45) is 6.43. The van der Waals surface area contributed by atoms with Gasteiger partial charge in [0.15, 0.2) is 0 Å². The highest BCUT2D eigenvalue weighted by molar-refractivity contribution is 5.93. The van der Waals surface area contributed by atoms with E-state index in [0.717, 1.165) is 35.5 Å². The first-order valence-corrected chi connectivity index (χ1v) is 20.6. The lowest BCUT2D eigenvalue weighted by Crippen LogP contribution is -2.28. The van der Waals surface area contributed by atoms with Crippen molar-refractivity contribution in [1.29, 1.82) is 0 Å². The highest BCUT2D eigenvalue weighted by atomic mass is 19.1. The van der Waals surface area contributed by atoms with Crippen molar-refractivity contribution >= 4 is 29.2 Å². The van der Waals surface area contributed by atoms with Gasteiger partial charge in [-0.2, -0.15) is 0 Å². The molecule has 0 aromatic heterocycles. The van der Waals surface area contributed by atoms with Gasteiger partial charge in [-0.05, 0) is 140 Å². The topological polar surface area (TPSA) is 3.24 Å². The summed E-state index contributed by atoms with van der Waals surface area (Å²) in [6.45, 7) is 4.57. The van der Waals surface area contributed by atoms with Gasteiger partial charge < -0.3 is 4.90 Å². The van der Waals surface area contributed by atoms with Gasteiger partial charge in [0.2, 0.25) is 0 Å². The van der Waals surface area contributed by atoms with Crippen molar-refractivity contribution in [2.45, 2.75) is 37.5 Å². The zero-order chi connectivity index (χ0) is 40.1. The zero-order valence-corrected chi connectivity index (χ0v) is 33.2. The number of nitrogens with zero attached hydrogens (tertiary/aromatic N) is 1. The Balaban J connectivity index is 1.07. The standard InChI is InChI=1S/C56H43F2N/c1-3-55(4-2)52-36-38(23-34-47(52)48-35-33-46(37-53(48)55)59(44-29-25-42(57)26-30-44)45-31-27-43(58)28-32-45)22-24-39-14-13-21-51-54(39)49-19-11-12-20-50(49)56(51,40-15-7-5-8-16-40)41-17-9-6-10-18-41/h5-37H,3-4H2,1-2H3/b24-22+. The Morgan fingerprint density at radius 3 is 1.58 bits per heavy atom.